The van der Waals surface area contributed by atoms with Gasteiger partial charge in [-0.25, -0.2) is 8.78 Å². The van der Waals surface area contributed by atoms with Crippen LogP contribution in [0.2, 0.25) is 0 Å². The molecule has 72 valence electrons. The van der Waals surface area contributed by atoms with Gasteiger partial charge in [0.1, 0.15) is 11.6 Å². The lowest BCUT2D eigenvalue weighted by Crippen LogP contribution is -2.03. The molecule has 1 aromatic rings. The summed E-state index contributed by atoms with van der Waals surface area (Å²) in [4.78, 5) is 0. The van der Waals surface area contributed by atoms with E-state index >= 15 is 0 Å². The molecule has 0 bridgehead atoms. The van der Waals surface area contributed by atoms with Gasteiger partial charge in [0, 0.05) is 18.2 Å². The lowest BCUT2D eigenvalue weighted by atomic mass is 10.2. The van der Waals surface area contributed by atoms with Crippen molar-refractivity contribution in [1.29, 1.82) is 0 Å². The first-order valence-corrected chi connectivity index (χ1v) is 3.89. The molecule has 0 radical (unpaired) electrons. The van der Waals surface area contributed by atoms with Crippen molar-refractivity contribution in [1.82, 2.24) is 0 Å². The van der Waals surface area contributed by atoms with E-state index in [0.717, 1.165) is 18.2 Å². The van der Waals surface area contributed by atoms with Gasteiger partial charge in [-0.3, -0.25) is 0 Å². The third kappa shape index (κ3) is 2.75. The van der Waals surface area contributed by atoms with Gasteiger partial charge in [-0.05, 0) is 19.1 Å². The van der Waals surface area contributed by atoms with Crippen LogP contribution in [-0.2, 0) is 4.74 Å². The fourth-order valence-corrected chi connectivity index (χ4v) is 0.972. The summed E-state index contributed by atoms with van der Waals surface area (Å²) in [7, 11) is 0. The highest BCUT2D eigenvalue weighted by molar-refractivity contribution is 5.18. The summed E-state index contributed by atoms with van der Waals surface area (Å²) < 4.78 is 30.0. The van der Waals surface area contributed by atoms with Crippen LogP contribution < -0.4 is 0 Å². The zero-order chi connectivity index (χ0) is 9.84. The maximum absolute atomic E-state index is 12.6. The van der Waals surface area contributed by atoms with Crippen molar-refractivity contribution >= 4 is 0 Å². The fourth-order valence-electron chi connectivity index (χ4n) is 0.972. The van der Waals surface area contributed by atoms with Crippen molar-refractivity contribution in [2.45, 2.75) is 13.2 Å². The van der Waals surface area contributed by atoms with Gasteiger partial charge in [0.05, 0.1) is 0 Å². The predicted molar refractivity (Wildman–Crippen MR) is 42.9 cm³/mol. The molecule has 0 saturated carbocycles. The molecule has 0 fully saturated rings. The first-order valence-electron chi connectivity index (χ1n) is 3.89. The van der Waals surface area contributed by atoms with Crippen LogP contribution in [0.25, 0.3) is 0 Å². The molecule has 0 amide bonds. The molecule has 1 unspecified atom stereocenters. The number of halogens is 2. The number of hydrogen-bond donors (Lipinski definition) is 1. The van der Waals surface area contributed by atoms with Gasteiger partial charge < -0.3 is 9.84 Å². The van der Waals surface area contributed by atoms with Crippen LogP contribution in [0.5, 0.6) is 0 Å². The molecule has 0 aliphatic heterocycles. The van der Waals surface area contributed by atoms with E-state index in [4.69, 9.17) is 4.74 Å². The molecular weight excluding hydrogens is 178 g/mol. The van der Waals surface area contributed by atoms with Crippen LogP contribution in [-0.4, -0.2) is 11.7 Å². The number of ether oxygens (including phenoxy) is 1. The SMILES string of the molecule is CCOC(O)c1cc(F)cc(F)c1. The molecule has 1 N–H and O–H groups in total. The van der Waals surface area contributed by atoms with Crippen LogP contribution in [0.4, 0.5) is 8.78 Å². The zero-order valence-corrected chi connectivity index (χ0v) is 7.13. The molecule has 0 saturated heterocycles. The van der Waals surface area contributed by atoms with Crippen molar-refractivity contribution in [2.75, 3.05) is 6.61 Å². The normalized spacial score (nSPS) is 12.9. The van der Waals surface area contributed by atoms with Gasteiger partial charge in [0.25, 0.3) is 0 Å². The second-order valence-corrected chi connectivity index (χ2v) is 2.51. The Kier molecular flexibility index (Phi) is 3.33. The van der Waals surface area contributed by atoms with Crippen LogP contribution in [0.1, 0.15) is 18.8 Å². The number of aliphatic hydroxyl groups excluding tert-OH is 1. The van der Waals surface area contributed by atoms with Gasteiger partial charge in [0.2, 0.25) is 0 Å². The quantitative estimate of drug-likeness (QED) is 0.735. The van der Waals surface area contributed by atoms with E-state index in [1.165, 1.54) is 0 Å². The summed E-state index contributed by atoms with van der Waals surface area (Å²) in [5.74, 6) is -1.46. The molecule has 0 aromatic heterocycles. The monoisotopic (exact) mass is 188 g/mol. The molecule has 0 aliphatic rings. The van der Waals surface area contributed by atoms with E-state index < -0.39 is 17.9 Å². The van der Waals surface area contributed by atoms with Crippen LogP contribution >= 0.6 is 0 Å². The second-order valence-electron chi connectivity index (χ2n) is 2.51. The molecule has 0 spiro atoms. The third-order valence-corrected chi connectivity index (χ3v) is 1.49. The van der Waals surface area contributed by atoms with Crippen LogP contribution in [0.15, 0.2) is 18.2 Å². The van der Waals surface area contributed by atoms with E-state index in [2.05, 4.69) is 0 Å². The Bertz CT molecular complexity index is 269. The largest absolute Gasteiger partial charge is 0.364 e. The van der Waals surface area contributed by atoms with E-state index in [9.17, 15) is 13.9 Å². The number of benzene rings is 1. The molecular formula is C9H10F2O2. The molecule has 2 nitrogen and oxygen atoms in total. The summed E-state index contributed by atoms with van der Waals surface area (Å²) in [6.45, 7) is 1.96. The Labute approximate surface area is 74.8 Å². The minimum atomic E-state index is -1.27. The van der Waals surface area contributed by atoms with Crippen molar-refractivity contribution in [3.8, 4) is 0 Å². The van der Waals surface area contributed by atoms with Crippen molar-refractivity contribution in [3.63, 3.8) is 0 Å². The minimum Gasteiger partial charge on any atom is -0.364 e. The Morgan fingerprint density at radius 2 is 1.85 bits per heavy atom. The standard InChI is InChI=1S/C9H10F2O2/c1-2-13-9(12)6-3-7(10)5-8(11)4-6/h3-5,9,12H,2H2,1H3. The molecule has 13 heavy (non-hydrogen) atoms. The van der Waals surface area contributed by atoms with E-state index in [1.807, 2.05) is 0 Å². The topological polar surface area (TPSA) is 29.5 Å². The molecule has 4 heteroatoms. The molecule has 0 aliphatic carbocycles. The summed E-state index contributed by atoms with van der Waals surface area (Å²) in [6.07, 6.45) is -1.27. The number of rotatable bonds is 3. The third-order valence-electron chi connectivity index (χ3n) is 1.49. The lowest BCUT2D eigenvalue weighted by Gasteiger charge is -2.10. The van der Waals surface area contributed by atoms with Gasteiger partial charge >= 0.3 is 0 Å². The highest BCUT2D eigenvalue weighted by Gasteiger charge is 2.09. The fraction of sp³-hybridized carbons (Fsp3) is 0.333. The van der Waals surface area contributed by atoms with Crippen LogP contribution in [0.3, 0.4) is 0 Å². The van der Waals surface area contributed by atoms with Gasteiger partial charge in [-0.1, -0.05) is 0 Å². The second kappa shape index (κ2) is 4.30. The molecule has 1 aromatic carbocycles. The summed E-state index contributed by atoms with van der Waals surface area (Å²) in [5, 5.41) is 9.21. The van der Waals surface area contributed by atoms with Crippen molar-refractivity contribution in [2.24, 2.45) is 0 Å². The maximum atomic E-state index is 12.6. The number of aliphatic hydroxyl groups is 1. The average molecular weight is 188 g/mol. The lowest BCUT2D eigenvalue weighted by molar-refractivity contribution is -0.0982. The smallest absolute Gasteiger partial charge is 0.181 e. The van der Waals surface area contributed by atoms with Crippen LogP contribution in [0, 0.1) is 11.6 Å². The summed E-state index contributed by atoms with van der Waals surface area (Å²) in [5.41, 5.74) is 0.0827. The molecule has 1 rings (SSSR count). The number of hydrogen-bond acceptors (Lipinski definition) is 2. The highest BCUT2D eigenvalue weighted by Crippen LogP contribution is 2.16. The summed E-state index contributed by atoms with van der Waals surface area (Å²) >= 11 is 0. The highest BCUT2D eigenvalue weighted by atomic mass is 19.1. The zero-order valence-electron chi connectivity index (χ0n) is 7.13. The molecule has 1 atom stereocenters. The average Bonchev–Trinajstić information content (AvgIpc) is 2.03. The minimum absolute atomic E-state index is 0.0827. The first kappa shape index (κ1) is 10.1. The Balaban J connectivity index is 2.87. The first-order chi connectivity index (χ1) is 6.13. The Morgan fingerprint density at radius 1 is 1.31 bits per heavy atom. The Hall–Kier alpha value is -1.00. The Morgan fingerprint density at radius 3 is 2.31 bits per heavy atom. The van der Waals surface area contributed by atoms with E-state index in [1.54, 1.807) is 6.92 Å². The molecule has 0 heterocycles. The van der Waals surface area contributed by atoms with E-state index in [-0.39, 0.29) is 12.2 Å². The van der Waals surface area contributed by atoms with Gasteiger partial charge in [-0.2, -0.15) is 0 Å². The van der Waals surface area contributed by atoms with Gasteiger partial charge in [-0.15, -0.1) is 0 Å². The predicted octanol–water partition coefficient (Wildman–Crippen LogP) is 1.99. The van der Waals surface area contributed by atoms with Gasteiger partial charge in [0.15, 0.2) is 6.29 Å². The van der Waals surface area contributed by atoms with E-state index in [0.29, 0.717) is 0 Å². The van der Waals surface area contributed by atoms with Crippen molar-refractivity contribution < 1.29 is 18.6 Å². The maximum Gasteiger partial charge on any atom is 0.181 e. The van der Waals surface area contributed by atoms with Crippen molar-refractivity contribution in [3.05, 3.63) is 35.4 Å². The summed E-state index contributed by atoms with van der Waals surface area (Å²) in [6, 6.07) is 2.80.